The van der Waals surface area contributed by atoms with Crippen LogP contribution in [0.5, 0.6) is 6.01 Å². The monoisotopic (exact) mass is 554 g/mol. The second-order valence-electron chi connectivity index (χ2n) is 13.3. The van der Waals surface area contributed by atoms with Gasteiger partial charge in [-0.15, -0.1) is 0 Å². The van der Waals surface area contributed by atoms with Gasteiger partial charge in [0.2, 0.25) is 0 Å². The largest absolute Gasteiger partial charge is 0.461 e. The molecule has 210 valence electrons. The summed E-state index contributed by atoms with van der Waals surface area (Å²) in [5.41, 5.74) is 4.19. The van der Waals surface area contributed by atoms with E-state index in [-0.39, 0.29) is 5.54 Å². The predicted molar refractivity (Wildman–Crippen MR) is 150 cm³/mol. The third kappa shape index (κ3) is 4.53. The Kier molecular flexibility index (Phi) is 6.37. The van der Waals surface area contributed by atoms with Gasteiger partial charge in [-0.1, -0.05) is 37.6 Å². The Balaban J connectivity index is 1.23. The Bertz CT molecular complexity index is 1270. The van der Waals surface area contributed by atoms with Crippen LogP contribution in [-0.4, -0.2) is 59.4 Å². The maximum Gasteiger partial charge on any atom is 0.318 e. The Morgan fingerprint density at radius 1 is 1.08 bits per heavy atom. The fourth-order valence-corrected chi connectivity index (χ4v) is 8.23. The lowest BCUT2D eigenvalue weighted by Crippen LogP contribution is -2.43. The molecule has 1 spiro atoms. The molecular formula is C31H40ClFN4O2. The first kappa shape index (κ1) is 26.0. The number of hydrogen-bond acceptors (Lipinski definition) is 6. The summed E-state index contributed by atoms with van der Waals surface area (Å²) in [5, 5.41) is 0.821. The van der Waals surface area contributed by atoms with Gasteiger partial charge in [0.1, 0.15) is 18.6 Å². The highest BCUT2D eigenvalue weighted by molar-refractivity contribution is 6.31. The molecule has 4 aliphatic heterocycles. The molecule has 8 heteroatoms. The molecule has 1 aliphatic carbocycles. The molecule has 0 radical (unpaired) electrons. The molecule has 3 fully saturated rings. The van der Waals surface area contributed by atoms with Gasteiger partial charge in [-0.25, -0.2) is 4.39 Å². The molecule has 3 saturated heterocycles. The maximum atomic E-state index is 14.4. The fraction of sp³-hybridized carbons (Fsp3) is 0.677. The summed E-state index contributed by atoms with van der Waals surface area (Å²) >= 11 is 6.58. The molecule has 6 nitrogen and oxygen atoms in total. The zero-order valence-electron chi connectivity index (χ0n) is 23.3. The SMILES string of the molecule is CC1(C)CCCN(c2nc(OC[C@@]34CCCN3C[C@H](F)C4)nc3c2COC2(CCc4c(Cl)cccc42)C3)CC1. The molecule has 0 amide bonds. The van der Waals surface area contributed by atoms with Gasteiger partial charge in [0.05, 0.1) is 23.4 Å². The molecule has 2 aromatic rings. The fourth-order valence-electron chi connectivity index (χ4n) is 7.96. The van der Waals surface area contributed by atoms with E-state index in [1.807, 2.05) is 12.1 Å². The van der Waals surface area contributed by atoms with Gasteiger partial charge in [-0.2, -0.15) is 9.97 Å². The van der Waals surface area contributed by atoms with Crippen molar-refractivity contribution >= 4 is 17.4 Å². The lowest BCUT2D eigenvalue weighted by Gasteiger charge is -2.37. The first-order chi connectivity index (χ1) is 18.8. The molecular weight excluding hydrogens is 515 g/mol. The Labute approximate surface area is 236 Å². The summed E-state index contributed by atoms with van der Waals surface area (Å²) < 4.78 is 27.6. The van der Waals surface area contributed by atoms with Crippen molar-refractivity contribution in [3.05, 3.63) is 45.6 Å². The zero-order valence-corrected chi connectivity index (χ0v) is 24.0. The molecule has 1 aromatic heterocycles. The number of hydrogen-bond donors (Lipinski definition) is 0. The highest BCUT2D eigenvalue weighted by Gasteiger charge is 2.50. The standard InChI is InChI=1S/C31H40ClFN4O2/c1-29(2)9-4-13-36(15-12-29)27-23-19-39-31(11-8-22-24(31)6-3-7-25(22)32)17-26(23)34-28(35-27)38-20-30-10-5-14-37(30)18-21(33)16-30/h3,6-7,21H,4-5,8-20H2,1-2H3/t21-,30+,31?/m1/s1. The van der Waals surface area contributed by atoms with Gasteiger partial charge in [0.15, 0.2) is 0 Å². The normalized spacial score (nSPS) is 31.7. The number of benzene rings is 1. The third-order valence-corrected chi connectivity index (χ3v) is 10.6. The lowest BCUT2D eigenvalue weighted by atomic mass is 9.85. The van der Waals surface area contributed by atoms with Crippen LogP contribution < -0.4 is 9.64 Å². The molecule has 0 saturated carbocycles. The van der Waals surface area contributed by atoms with Crippen molar-refractivity contribution in [1.29, 1.82) is 0 Å². The van der Waals surface area contributed by atoms with Gasteiger partial charge in [-0.3, -0.25) is 4.90 Å². The van der Waals surface area contributed by atoms with Crippen LogP contribution in [0.1, 0.15) is 81.2 Å². The average Bonchev–Trinajstić information content (AvgIpc) is 3.50. The molecule has 7 rings (SSSR count). The summed E-state index contributed by atoms with van der Waals surface area (Å²) in [5.74, 6) is 0.961. The highest BCUT2D eigenvalue weighted by Crippen LogP contribution is 2.49. The number of anilines is 1. The minimum atomic E-state index is -0.777. The summed E-state index contributed by atoms with van der Waals surface area (Å²) in [6.07, 6.45) is 7.79. The molecule has 0 N–H and O–H groups in total. The first-order valence-electron chi connectivity index (χ1n) is 14.8. The first-order valence-corrected chi connectivity index (χ1v) is 15.2. The highest BCUT2D eigenvalue weighted by atomic mass is 35.5. The van der Waals surface area contributed by atoms with Crippen molar-refractivity contribution in [2.45, 2.75) is 95.6 Å². The Morgan fingerprint density at radius 3 is 2.85 bits per heavy atom. The van der Waals surface area contributed by atoms with E-state index in [1.54, 1.807) is 0 Å². The van der Waals surface area contributed by atoms with Crippen LogP contribution in [-0.2, 0) is 29.8 Å². The lowest BCUT2D eigenvalue weighted by molar-refractivity contribution is -0.0730. The topological polar surface area (TPSA) is 50.7 Å². The summed E-state index contributed by atoms with van der Waals surface area (Å²) in [6, 6.07) is 6.59. The van der Waals surface area contributed by atoms with E-state index in [2.05, 4.69) is 29.7 Å². The van der Waals surface area contributed by atoms with Crippen molar-refractivity contribution in [2.75, 3.05) is 37.7 Å². The second kappa shape index (κ2) is 9.56. The van der Waals surface area contributed by atoms with Crippen LogP contribution in [0.2, 0.25) is 5.02 Å². The van der Waals surface area contributed by atoms with Crippen molar-refractivity contribution in [3.63, 3.8) is 0 Å². The number of halogens is 2. The van der Waals surface area contributed by atoms with Crippen LogP contribution in [0.3, 0.4) is 0 Å². The molecule has 39 heavy (non-hydrogen) atoms. The number of fused-ring (bicyclic) bond motifs is 4. The van der Waals surface area contributed by atoms with E-state index in [0.29, 0.717) is 44.0 Å². The second-order valence-corrected chi connectivity index (χ2v) is 13.8. The zero-order chi connectivity index (χ0) is 26.8. The number of nitrogens with zero attached hydrogens (tertiary/aromatic N) is 4. The molecule has 5 heterocycles. The quantitative estimate of drug-likeness (QED) is 0.461. The maximum absolute atomic E-state index is 14.4. The number of rotatable bonds is 4. The van der Waals surface area contributed by atoms with E-state index < -0.39 is 11.8 Å². The van der Waals surface area contributed by atoms with Gasteiger partial charge >= 0.3 is 6.01 Å². The van der Waals surface area contributed by atoms with Gasteiger partial charge in [0.25, 0.3) is 0 Å². The van der Waals surface area contributed by atoms with Crippen LogP contribution in [0.4, 0.5) is 10.2 Å². The van der Waals surface area contributed by atoms with E-state index in [4.69, 9.17) is 31.0 Å². The van der Waals surface area contributed by atoms with Crippen LogP contribution in [0.15, 0.2) is 18.2 Å². The molecule has 1 aromatic carbocycles. The van der Waals surface area contributed by atoms with Gasteiger partial charge in [0, 0.05) is 43.1 Å². The molecule has 0 bridgehead atoms. The number of alkyl halides is 1. The van der Waals surface area contributed by atoms with Crippen molar-refractivity contribution in [2.24, 2.45) is 5.41 Å². The summed E-state index contributed by atoms with van der Waals surface area (Å²) in [4.78, 5) is 14.8. The third-order valence-electron chi connectivity index (χ3n) is 10.3. The van der Waals surface area contributed by atoms with Crippen LogP contribution in [0.25, 0.3) is 0 Å². The van der Waals surface area contributed by atoms with Gasteiger partial charge < -0.3 is 14.4 Å². The van der Waals surface area contributed by atoms with Crippen LogP contribution in [0, 0.1) is 5.41 Å². The molecule has 5 aliphatic rings. The minimum absolute atomic E-state index is 0.225. The summed E-state index contributed by atoms with van der Waals surface area (Å²) in [6.45, 7) is 9.05. The average molecular weight is 555 g/mol. The Hall–Kier alpha value is -1.96. The van der Waals surface area contributed by atoms with Crippen LogP contribution >= 0.6 is 11.6 Å². The minimum Gasteiger partial charge on any atom is -0.461 e. The predicted octanol–water partition coefficient (Wildman–Crippen LogP) is 6.02. The Morgan fingerprint density at radius 2 is 1.95 bits per heavy atom. The number of ether oxygens (including phenoxy) is 2. The van der Waals surface area contributed by atoms with Gasteiger partial charge in [-0.05, 0) is 74.1 Å². The number of aromatic nitrogens is 2. The smallest absolute Gasteiger partial charge is 0.318 e. The molecule has 3 atom stereocenters. The summed E-state index contributed by atoms with van der Waals surface area (Å²) in [7, 11) is 0. The van der Waals surface area contributed by atoms with E-state index >= 15 is 0 Å². The van der Waals surface area contributed by atoms with E-state index in [1.165, 1.54) is 17.5 Å². The van der Waals surface area contributed by atoms with Crippen molar-refractivity contribution in [1.82, 2.24) is 14.9 Å². The van der Waals surface area contributed by atoms with E-state index in [9.17, 15) is 4.39 Å². The molecule has 1 unspecified atom stereocenters. The van der Waals surface area contributed by atoms with Crippen molar-refractivity contribution in [3.8, 4) is 6.01 Å². The van der Waals surface area contributed by atoms with Crippen molar-refractivity contribution < 1.29 is 13.9 Å². The van der Waals surface area contributed by atoms with E-state index in [0.717, 1.165) is 80.3 Å².